The van der Waals surface area contributed by atoms with E-state index in [2.05, 4.69) is 467 Å². The maximum atomic E-state index is 5.26. The van der Waals surface area contributed by atoms with Crippen LogP contribution in [0.25, 0.3) is 266 Å². The van der Waals surface area contributed by atoms with Crippen LogP contribution >= 0.6 is 0 Å². The molecule has 0 fully saturated rings. The maximum absolute atomic E-state index is 5.26. The molecular formula is C137H89N7. The van der Waals surface area contributed by atoms with Gasteiger partial charge < -0.3 is 0 Å². The van der Waals surface area contributed by atoms with E-state index < -0.39 is 0 Å². The summed E-state index contributed by atoms with van der Waals surface area (Å²) in [6, 6.07) is 191. The molecule has 0 aliphatic carbocycles. The Hall–Kier alpha value is -19.2. The minimum Gasteiger partial charge on any atom is -0.228 e. The lowest BCUT2D eigenvalue weighted by atomic mass is 9.90. The molecule has 7 nitrogen and oxygen atoms in total. The summed E-state index contributed by atoms with van der Waals surface area (Å²) >= 11 is 0. The predicted molar refractivity (Wildman–Crippen MR) is 603 cm³/mol. The van der Waals surface area contributed by atoms with E-state index in [1.807, 2.05) is 72.8 Å². The van der Waals surface area contributed by atoms with E-state index >= 15 is 0 Å². The van der Waals surface area contributed by atoms with Gasteiger partial charge in [-0.3, -0.25) is 0 Å². The molecule has 3 heterocycles. The Bertz CT molecular complexity index is 8590. The fourth-order valence-corrected chi connectivity index (χ4v) is 20.8. The number of aromatic nitrogens is 7. The zero-order valence-corrected chi connectivity index (χ0v) is 78.5. The van der Waals surface area contributed by atoms with Gasteiger partial charge in [-0.1, -0.05) is 491 Å². The lowest BCUT2D eigenvalue weighted by Gasteiger charge is -2.15. The molecule has 0 N–H and O–H groups in total. The Balaban J connectivity index is 0.000000113. The van der Waals surface area contributed by atoms with Crippen molar-refractivity contribution >= 4 is 97.0 Å². The van der Waals surface area contributed by atoms with Crippen LogP contribution in [0.3, 0.4) is 0 Å². The van der Waals surface area contributed by atoms with E-state index in [4.69, 9.17) is 34.9 Å². The number of benzene rings is 24. The fourth-order valence-electron chi connectivity index (χ4n) is 20.8. The van der Waals surface area contributed by atoms with Crippen molar-refractivity contribution < 1.29 is 0 Å². The van der Waals surface area contributed by atoms with Gasteiger partial charge in [-0.05, 0) is 212 Å². The van der Waals surface area contributed by atoms with E-state index in [1.165, 1.54) is 108 Å². The standard InChI is InChI=1S/2C46H30N2.C45H29N3/c1-3-14-31(15-4-1)33-18-13-19-35(28-33)44-30-45(48-46(47-44)32-16-5-2-6-17-32)42-25-12-7-20-36(42)34-26-27-41-39-23-9-8-21-37(39)38-22-10-11-24-40(38)43(41)29-34;1-3-14-31(15-4-1)33-18-13-19-35(28-33)45-30-44(32-16-5-2-6-17-32)47-46(48-45)42-25-12-7-20-36(42)34-26-27-41-39-23-9-8-21-37(39)38-22-10-11-24-40(38)43(41)29-34;1-3-14-30(15-4-1)32-18-13-19-34(28-32)44-46-43(31-16-5-2-6-17-31)47-45(48-44)41-25-12-7-20-35(41)33-26-27-40-38-23-9-8-21-36(38)37-22-10-11-24-39(37)42(40)29-33/h2*1-30H;1-29H. The lowest BCUT2D eigenvalue weighted by Crippen LogP contribution is -2.01. The first-order valence-corrected chi connectivity index (χ1v) is 48.9. The Morgan fingerprint density at radius 3 is 0.632 bits per heavy atom. The zero-order chi connectivity index (χ0) is 95.6. The quantitative estimate of drug-likeness (QED) is 0.0945. The van der Waals surface area contributed by atoms with Crippen LogP contribution in [0.4, 0.5) is 0 Å². The Morgan fingerprint density at radius 2 is 0.285 bits per heavy atom. The van der Waals surface area contributed by atoms with E-state index in [-0.39, 0.29) is 0 Å². The third-order valence-corrected chi connectivity index (χ3v) is 27.7. The van der Waals surface area contributed by atoms with Gasteiger partial charge in [0.05, 0.1) is 22.8 Å². The molecule has 0 saturated heterocycles. The molecule has 27 rings (SSSR count). The van der Waals surface area contributed by atoms with Gasteiger partial charge in [0.1, 0.15) is 0 Å². The second kappa shape index (κ2) is 38.3. The smallest absolute Gasteiger partial charge is 0.164 e. The van der Waals surface area contributed by atoms with Crippen molar-refractivity contribution in [3.63, 3.8) is 0 Å². The molecule has 144 heavy (non-hydrogen) atoms. The van der Waals surface area contributed by atoms with Crippen molar-refractivity contribution in [1.82, 2.24) is 34.9 Å². The number of hydrogen-bond donors (Lipinski definition) is 0. The van der Waals surface area contributed by atoms with Crippen LogP contribution in [0.2, 0.25) is 0 Å². The van der Waals surface area contributed by atoms with Crippen molar-refractivity contribution in [3.8, 4) is 169 Å². The van der Waals surface area contributed by atoms with E-state index in [9.17, 15) is 0 Å². The fraction of sp³-hybridized carbons (Fsp3) is 0. The van der Waals surface area contributed by atoms with Crippen LogP contribution in [0, 0.1) is 0 Å². The van der Waals surface area contributed by atoms with Gasteiger partial charge in [0.2, 0.25) is 0 Å². The SMILES string of the molecule is c1ccc(-c2cccc(-c3cc(-c4ccccc4)nc(-c4ccccc4-c4ccc5c6ccccc6c6ccccc6c5c4)n3)c2)cc1.c1ccc(-c2cccc(-c3cc(-c4ccccc4-c4ccc5c6ccccc6c6ccccc6c5c4)nc(-c4ccccc4)n3)c2)cc1.c1ccc(-c2cccc(-c3nc(-c4ccccc4)nc(-c4ccccc4-c4ccc5c6ccccc6c6ccccc6c5c4)n3)c2)cc1. The maximum Gasteiger partial charge on any atom is 0.164 e. The average molecular weight is 1830 g/mol. The third-order valence-electron chi connectivity index (χ3n) is 27.7. The zero-order valence-electron chi connectivity index (χ0n) is 78.5. The van der Waals surface area contributed by atoms with Gasteiger partial charge in [-0.25, -0.2) is 34.9 Å². The molecule has 0 saturated carbocycles. The van der Waals surface area contributed by atoms with Crippen molar-refractivity contribution in [1.29, 1.82) is 0 Å². The first-order chi connectivity index (χ1) is 71.4. The second-order valence-electron chi connectivity index (χ2n) is 36.4. The van der Waals surface area contributed by atoms with Gasteiger partial charge in [-0.15, -0.1) is 0 Å². The minimum absolute atomic E-state index is 0.641. The average Bonchev–Trinajstić information content (AvgIpc) is 0.744. The number of hydrogen-bond acceptors (Lipinski definition) is 7. The molecule has 0 aliphatic heterocycles. The van der Waals surface area contributed by atoms with Gasteiger partial charge in [0.15, 0.2) is 29.1 Å². The van der Waals surface area contributed by atoms with E-state index in [0.717, 1.165) is 128 Å². The molecule has 672 valence electrons. The summed E-state index contributed by atoms with van der Waals surface area (Å²) < 4.78 is 0. The summed E-state index contributed by atoms with van der Waals surface area (Å²) in [5, 5.41) is 22.7. The molecule has 0 atom stereocenters. The van der Waals surface area contributed by atoms with Crippen molar-refractivity contribution in [2.24, 2.45) is 0 Å². The van der Waals surface area contributed by atoms with Crippen LogP contribution in [-0.2, 0) is 0 Å². The topological polar surface area (TPSA) is 90.2 Å². The van der Waals surface area contributed by atoms with Gasteiger partial charge in [0.25, 0.3) is 0 Å². The van der Waals surface area contributed by atoms with Crippen molar-refractivity contribution in [3.05, 3.63) is 540 Å². The molecule has 0 spiro atoms. The third kappa shape index (κ3) is 16.8. The summed E-state index contributed by atoms with van der Waals surface area (Å²) in [7, 11) is 0. The minimum atomic E-state index is 0.641. The van der Waals surface area contributed by atoms with Crippen molar-refractivity contribution in [2.45, 2.75) is 0 Å². The van der Waals surface area contributed by atoms with Crippen LogP contribution < -0.4 is 0 Å². The molecule has 0 amide bonds. The van der Waals surface area contributed by atoms with Crippen LogP contribution in [0.1, 0.15) is 0 Å². The number of nitrogens with zero attached hydrogens (tertiary/aromatic N) is 7. The van der Waals surface area contributed by atoms with E-state index in [0.29, 0.717) is 29.1 Å². The van der Waals surface area contributed by atoms with Gasteiger partial charge in [0, 0.05) is 50.1 Å². The first kappa shape index (κ1) is 86.4. The molecular weight excluding hydrogens is 1740 g/mol. The molecule has 7 heteroatoms. The highest BCUT2D eigenvalue weighted by Gasteiger charge is 2.24. The Morgan fingerprint density at radius 1 is 0.0833 bits per heavy atom. The summed E-state index contributed by atoms with van der Waals surface area (Å²) in [5.41, 5.74) is 26.3. The predicted octanol–water partition coefficient (Wildman–Crippen LogP) is 36.2. The monoisotopic (exact) mass is 1830 g/mol. The van der Waals surface area contributed by atoms with Gasteiger partial charge in [-0.2, -0.15) is 0 Å². The molecule has 27 aromatic rings. The first-order valence-electron chi connectivity index (χ1n) is 48.9. The van der Waals surface area contributed by atoms with Crippen LogP contribution in [0.15, 0.2) is 540 Å². The summed E-state index contributed by atoms with van der Waals surface area (Å²) in [6.45, 7) is 0. The molecule has 3 aromatic heterocycles. The second-order valence-corrected chi connectivity index (χ2v) is 36.4. The molecule has 0 unspecified atom stereocenters. The highest BCUT2D eigenvalue weighted by atomic mass is 15.0. The lowest BCUT2D eigenvalue weighted by molar-refractivity contribution is 1.07. The van der Waals surface area contributed by atoms with Crippen LogP contribution in [-0.4, -0.2) is 34.9 Å². The summed E-state index contributed by atoms with van der Waals surface area (Å²) in [5.74, 6) is 3.34. The molecule has 0 aliphatic rings. The highest BCUT2D eigenvalue weighted by Crippen LogP contribution is 2.46. The van der Waals surface area contributed by atoms with Gasteiger partial charge >= 0.3 is 0 Å². The molecule has 0 bridgehead atoms. The normalized spacial score (nSPS) is 11.3. The number of fused-ring (bicyclic) bond motifs is 18. The molecule has 24 aromatic carbocycles. The van der Waals surface area contributed by atoms with E-state index in [1.54, 1.807) is 0 Å². The Kier molecular flexibility index (Phi) is 23.0. The highest BCUT2D eigenvalue weighted by molar-refractivity contribution is 6.28. The number of rotatable bonds is 15. The molecule has 0 radical (unpaired) electrons. The Labute approximate surface area is 834 Å². The largest absolute Gasteiger partial charge is 0.228 e. The summed E-state index contributed by atoms with van der Waals surface area (Å²) in [4.78, 5) is 36.1. The van der Waals surface area contributed by atoms with Crippen molar-refractivity contribution in [2.75, 3.05) is 0 Å². The van der Waals surface area contributed by atoms with Crippen LogP contribution in [0.5, 0.6) is 0 Å². The summed E-state index contributed by atoms with van der Waals surface area (Å²) in [6.07, 6.45) is 0.